The molecule has 1 fully saturated rings. The van der Waals surface area contributed by atoms with Gasteiger partial charge < -0.3 is 10.1 Å². The molecular weight excluding hydrogens is 358 g/mol. The molecule has 2 heterocycles. The molecule has 1 amide bonds. The zero-order valence-corrected chi connectivity index (χ0v) is 16.4. The Morgan fingerprint density at radius 2 is 2.07 bits per heavy atom. The topological polar surface area (TPSA) is 89.3 Å². The molecule has 0 aliphatic carbocycles. The molecule has 1 saturated heterocycles. The number of hydrogen-bond donors (Lipinski definition) is 1. The molecule has 0 saturated carbocycles. The number of likely N-dealkylation sites (tertiary alicyclic amines) is 1. The number of hydrogen-bond acceptors (Lipinski definition) is 6. The van der Waals surface area contributed by atoms with Crippen LogP contribution in [0.2, 0.25) is 0 Å². The fourth-order valence-electron chi connectivity index (χ4n) is 3.62. The summed E-state index contributed by atoms with van der Waals surface area (Å²) >= 11 is 0. The molecule has 8 heteroatoms. The normalized spacial score (nSPS) is 19.5. The lowest BCUT2D eigenvalue weighted by Gasteiger charge is -2.22. The average molecular weight is 385 g/mol. The Morgan fingerprint density at radius 1 is 1.29 bits per heavy atom. The monoisotopic (exact) mass is 385 g/mol. The Hall–Kier alpha value is -2.74. The first-order valence-electron chi connectivity index (χ1n) is 9.68. The fourth-order valence-corrected chi connectivity index (χ4v) is 3.62. The van der Waals surface area contributed by atoms with Crippen molar-refractivity contribution in [3.05, 3.63) is 47.8 Å². The summed E-state index contributed by atoms with van der Waals surface area (Å²) in [6.07, 6.45) is 4.00. The van der Waals surface area contributed by atoms with E-state index in [4.69, 9.17) is 0 Å². The molecular formula is C20H27N5O3. The molecule has 1 aromatic heterocycles. The first-order valence-corrected chi connectivity index (χ1v) is 9.68. The lowest BCUT2D eigenvalue weighted by atomic mass is 10.1. The van der Waals surface area contributed by atoms with Crippen molar-refractivity contribution in [2.75, 3.05) is 26.7 Å². The number of carbonyl (C=O) groups excluding carboxylic acids is 2. The Balaban J connectivity index is 1.60. The van der Waals surface area contributed by atoms with Crippen molar-refractivity contribution in [2.45, 2.75) is 38.3 Å². The minimum atomic E-state index is -0.509. The SMILES string of the molecule is CCCN1C[C@H](n2cc(C(=O)OC)nn2)C[C@H]1C(=O)NCCc1ccccc1. The van der Waals surface area contributed by atoms with E-state index in [2.05, 4.69) is 44.3 Å². The van der Waals surface area contributed by atoms with Gasteiger partial charge in [-0.1, -0.05) is 42.5 Å². The summed E-state index contributed by atoms with van der Waals surface area (Å²) in [6, 6.07) is 9.91. The summed E-state index contributed by atoms with van der Waals surface area (Å²) in [5.41, 5.74) is 1.38. The molecule has 0 bridgehead atoms. The van der Waals surface area contributed by atoms with Gasteiger partial charge in [-0.05, 0) is 31.4 Å². The van der Waals surface area contributed by atoms with Crippen molar-refractivity contribution >= 4 is 11.9 Å². The number of benzene rings is 1. The Bertz CT molecular complexity index is 792. The Kier molecular flexibility index (Phi) is 6.76. The van der Waals surface area contributed by atoms with Crippen LogP contribution in [-0.4, -0.2) is 64.6 Å². The van der Waals surface area contributed by atoms with Crippen molar-refractivity contribution < 1.29 is 14.3 Å². The lowest BCUT2D eigenvalue weighted by molar-refractivity contribution is -0.125. The predicted octanol–water partition coefficient (Wildman–Crippen LogP) is 1.45. The molecule has 2 atom stereocenters. The second-order valence-corrected chi connectivity index (χ2v) is 7.00. The van der Waals surface area contributed by atoms with E-state index in [0.717, 1.165) is 19.4 Å². The number of esters is 1. The van der Waals surface area contributed by atoms with E-state index in [1.54, 1.807) is 10.9 Å². The standard InChI is InChI=1S/C20H27N5O3/c1-3-11-24-13-16(25-14-17(22-23-25)20(27)28-2)12-18(24)19(26)21-10-9-15-7-5-4-6-8-15/h4-8,14,16,18H,3,9-13H2,1-2H3,(H,21,26)/t16-,18+/m1/s1. The second-order valence-electron chi connectivity index (χ2n) is 7.00. The smallest absolute Gasteiger partial charge is 0.360 e. The third kappa shape index (κ3) is 4.75. The zero-order valence-electron chi connectivity index (χ0n) is 16.4. The molecule has 2 aromatic rings. The van der Waals surface area contributed by atoms with Crippen LogP contribution in [0.15, 0.2) is 36.5 Å². The first-order chi connectivity index (χ1) is 13.6. The number of carbonyl (C=O) groups is 2. The van der Waals surface area contributed by atoms with Gasteiger partial charge in [-0.2, -0.15) is 0 Å². The van der Waals surface area contributed by atoms with E-state index in [1.165, 1.54) is 12.7 Å². The zero-order chi connectivity index (χ0) is 19.9. The lowest BCUT2D eigenvalue weighted by Crippen LogP contribution is -2.44. The number of methoxy groups -OCH3 is 1. The van der Waals surface area contributed by atoms with Crippen LogP contribution >= 0.6 is 0 Å². The van der Waals surface area contributed by atoms with E-state index in [-0.39, 0.29) is 23.7 Å². The number of amides is 1. The van der Waals surface area contributed by atoms with Crippen molar-refractivity contribution in [2.24, 2.45) is 0 Å². The van der Waals surface area contributed by atoms with Crippen molar-refractivity contribution in [3.8, 4) is 0 Å². The largest absolute Gasteiger partial charge is 0.464 e. The summed E-state index contributed by atoms with van der Waals surface area (Å²) in [7, 11) is 1.32. The van der Waals surface area contributed by atoms with Crippen molar-refractivity contribution in [1.82, 2.24) is 25.2 Å². The van der Waals surface area contributed by atoms with Gasteiger partial charge in [0.05, 0.1) is 25.4 Å². The molecule has 150 valence electrons. The third-order valence-electron chi connectivity index (χ3n) is 5.03. The number of ether oxygens (including phenoxy) is 1. The fraction of sp³-hybridized carbons (Fsp3) is 0.500. The summed E-state index contributed by atoms with van der Waals surface area (Å²) in [5, 5.41) is 11.0. The summed E-state index contributed by atoms with van der Waals surface area (Å²) < 4.78 is 6.36. The molecule has 1 aliphatic rings. The molecule has 3 rings (SSSR count). The molecule has 28 heavy (non-hydrogen) atoms. The van der Waals surface area contributed by atoms with Crippen LogP contribution in [0.25, 0.3) is 0 Å². The van der Waals surface area contributed by atoms with Gasteiger partial charge in [0, 0.05) is 13.1 Å². The highest BCUT2D eigenvalue weighted by Gasteiger charge is 2.37. The summed E-state index contributed by atoms with van der Waals surface area (Å²) in [6.45, 7) is 4.25. The van der Waals surface area contributed by atoms with Crippen LogP contribution in [0.5, 0.6) is 0 Å². The molecule has 8 nitrogen and oxygen atoms in total. The Labute approximate surface area is 164 Å². The molecule has 1 N–H and O–H groups in total. The predicted molar refractivity (Wildman–Crippen MR) is 104 cm³/mol. The molecule has 0 unspecified atom stereocenters. The van der Waals surface area contributed by atoms with Gasteiger partial charge in [-0.15, -0.1) is 5.10 Å². The average Bonchev–Trinajstić information content (AvgIpc) is 3.36. The minimum absolute atomic E-state index is 0.00216. The highest BCUT2D eigenvalue weighted by Crippen LogP contribution is 2.27. The van der Waals surface area contributed by atoms with Gasteiger partial charge in [-0.25, -0.2) is 9.48 Å². The van der Waals surface area contributed by atoms with Crippen LogP contribution in [-0.2, 0) is 16.0 Å². The van der Waals surface area contributed by atoms with E-state index in [0.29, 0.717) is 19.5 Å². The van der Waals surface area contributed by atoms with Crippen molar-refractivity contribution in [1.29, 1.82) is 0 Å². The van der Waals surface area contributed by atoms with Crippen molar-refractivity contribution in [3.63, 3.8) is 0 Å². The van der Waals surface area contributed by atoms with Gasteiger partial charge in [0.1, 0.15) is 0 Å². The highest BCUT2D eigenvalue weighted by molar-refractivity contribution is 5.86. The molecule has 1 aromatic carbocycles. The van der Waals surface area contributed by atoms with Crippen LogP contribution in [0.4, 0.5) is 0 Å². The maximum atomic E-state index is 12.8. The molecule has 0 spiro atoms. The number of nitrogens with zero attached hydrogens (tertiary/aromatic N) is 4. The van der Waals surface area contributed by atoms with Gasteiger partial charge in [-0.3, -0.25) is 9.69 Å². The van der Waals surface area contributed by atoms with Gasteiger partial charge >= 0.3 is 5.97 Å². The van der Waals surface area contributed by atoms with Crippen LogP contribution in [0, 0.1) is 0 Å². The Morgan fingerprint density at radius 3 is 2.79 bits per heavy atom. The number of aromatic nitrogens is 3. The van der Waals surface area contributed by atoms with Crippen LogP contribution in [0.3, 0.4) is 0 Å². The van der Waals surface area contributed by atoms with Gasteiger partial charge in [0.15, 0.2) is 5.69 Å². The van der Waals surface area contributed by atoms with E-state index in [1.807, 2.05) is 18.2 Å². The quantitative estimate of drug-likeness (QED) is 0.692. The summed E-state index contributed by atoms with van der Waals surface area (Å²) in [4.78, 5) is 26.6. The van der Waals surface area contributed by atoms with Gasteiger partial charge in [0.2, 0.25) is 5.91 Å². The highest BCUT2D eigenvalue weighted by atomic mass is 16.5. The third-order valence-corrected chi connectivity index (χ3v) is 5.03. The second kappa shape index (κ2) is 9.45. The van der Waals surface area contributed by atoms with Gasteiger partial charge in [0.25, 0.3) is 0 Å². The number of rotatable bonds is 8. The number of nitrogens with one attached hydrogen (secondary N) is 1. The maximum absolute atomic E-state index is 12.8. The molecule has 1 aliphatic heterocycles. The first kappa shape index (κ1) is 20.0. The van der Waals surface area contributed by atoms with E-state index in [9.17, 15) is 9.59 Å². The van der Waals surface area contributed by atoms with Crippen LogP contribution in [0.1, 0.15) is 41.9 Å². The molecule has 0 radical (unpaired) electrons. The minimum Gasteiger partial charge on any atom is -0.464 e. The maximum Gasteiger partial charge on any atom is 0.360 e. The van der Waals surface area contributed by atoms with E-state index >= 15 is 0 Å². The van der Waals surface area contributed by atoms with Crippen LogP contribution < -0.4 is 5.32 Å². The summed E-state index contributed by atoms with van der Waals surface area (Å²) in [5.74, 6) is -0.468. The van der Waals surface area contributed by atoms with E-state index < -0.39 is 5.97 Å².